The fourth-order valence-corrected chi connectivity index (χ4v) is 4.69. The molecule has 2 aromatic carbocycles. The molecule has 2 aromatic heterocycles. The molecule has 6 nitrogen and oxygen atoms in total. The lowest BCUT2D eigenvalue weighted by Crippen LogP contribution is -2.18. The summed E-state index contributed by atoms with van der Waals surface area (Å²) in [5.74, 6) is 0. The fraction of sp³-hybridized carbons (Fsp3) is 0.238. The van der Waals surface area contributed by atoms with Crippen LogP contribution in [0.1, 0.15) is 25.5 Å². The van der Waals surface area contributed by atoms with Crippen molar-refractivity contribution in [2.24, 2.45) is 0 Å². The van der Waals surface area contributed by atoms with E-state index in [9.17, 15) is 4.79 Å². The van der Waals surface area contributed by atoms with E-state index in [2.05, 4.69) is 26.0 Å². The third-order valence-corrected chi connectivity index (χ3v) is 6.96. The molecule has 0 amide bonds. The summed E-state index contributed by atoms with van der Waals surface area (Å²) in [4.78, 5) is 15.4. The average molecular weight is 508 g/mol. The van der Waals surface area contributed by atoms with Crippen LogP contribution in [0.3, 0.4) is 0 Å². The van der Waals surface area contributed by atoms with E-state index in [0.717, 1.165) is 35.6 Å². The van der Waals surface area contributed by atoms with Crippen LogP contribution in [0.2, 0.25) is 10.0 Å². The van der Waals surface area contributed by atoms with Crippen molar-refractivity contribution in [1.29, 1.82) is 0 Å². The van der Waals surface area contributed by atoms with Crippen LogP contribution >= 0.6 is 39.1 Å². The summed E-state index contributed by atoms with van der Waals surface area (Å²) in [5.41, 5.74) is 8.67. The number of nitrogens with two attached hydrogens (primary N) is 1. The maximum atomic E-state index is 12.6. The predicted molar refractivity (Wildman–Crippen MR) is 124 cm³/mol. The van der Waals surface area contributed by atoms with Gasteiger partial charge in [0, 0.05) is 33.6 Å². The molecule has 0 saturated carbocycles. The van der Waals surface area contributed by atoms with Gasteiger partial charge >= 0.3 is 0 Å². The molecule has 0 radical (unpaired) electrons. The Bertz CT molecular complexity index is 1360. The second-order valence-corrected chi connectivity index (χ2v) is 9.01. The Labute approximate surface area is 190 Å². The number of nitrogens with zero attached hydrogens (tertiary/aromatic N) is 2. The highest BCUT2D eigenvalue weighted by Gasteiger charge is 2.22. The zero-order valence-electron chi connectivity index (χ0n) is 15.7. The van der Waals surface area contributed by atoms with Crippen molar-refractivity contribution >= 4 is 66.6 Å². The number of benzene rings is 2. The highest BCUT2D eigenvalue weighted by molar-refractivity contribution is 9.10. The molecule has 5 rings (SSSR count). The second-order valence-electron chi connectivity index (χ2n) is 7.34. The molecule has 3 N–H and O–H groups in total. The molecule has 1 unspecified atom stereocenters. The summed E-state index contributed by atoms with van der Waals surface area (Å²) in [6.45, 7) is 0.710. The first kappa shape index (κ1) is 19.9. The number of ether oxygens (including phenoxy) is 1. The lowest BCUT2D eigenvalue weighted by Gasteiger charge is -2.22. The van der Waals surface area contributed by atoms with E-state index in [-0.39, 0.29) is 17.5 Å². The number of nitrogens with one attached hydrogen (secondary N) is 1. The van der Waals surface area contributed by atoms with Crippen molar-refractivity contribution in [2.75, 3.05) is 12.3 Å². The molecule has 3 heterocycles. The maximum absolute atomic E-state index is 12.6. The van der Waals surface area contributed by atoms with E-state index in [1.165, 1.54) is 0 Å². The number of hydrogen-bond acceptors (Lipinski definition) is 4. The average Bonchev–Trinajstić information content (AvgIpc) is 3.19. The first-order chi connectivity index (χ1) is 14.4. The van der Waals surface area contributed by atoms with Gasteiger partial charge in [-0.05, 0) is 59.0 Å². The highest BCUT2D eigenvalue weighted by Crippen LogP contribution is 2.40. The quantitative estimate of drug-likeness (QED) is 0.354. The van der Waals surface area contributed by atoms with Crippen molar-refractivity contribution in [2.45, 2.75) is 25.5 Å². The van der Waals surface area contributed by atoms with Crippen LogP contribution in [-0.2, 0) is 4.74 Å². The van der Waals surface area contributed by atoms with Crippen LogP contribution in [0, 0.1) is 0 Å². The van der Waals surface area contributed by atoms with Gasteiger partial charge in [-0.15, -0.1) is 0 Å². The predicted octanol–water partition coefficient (Wildman–Crippen LogP) is 5.90. The zero-order chi connectivity index (χ0) is 21.0. The van der Waals surface area contributed by atoms with Gasteiger partial charge < -0.3 is 15.5 Å². The van der Waals surface area contributed by atoms with Gasteiger partial charge in [-0.2, -0.15) is 5.10 Å². The van der Waals surface area contributed by atoms with Crippen molar-refractivity contribution < 1.29 is 4.74 Å². The molecule has 154 valence electrons. The molecular formula is C21H17BrCl2N4O2. The highest BCUT2D eigenvalue weighted by atomic mass is 79.9. The minimum Gasteiger partial charge on any atom is -0.394 e. The number of anilines is 1. The summed E-state index contributed by atoms with van der Waals surface area (Å²) in [6, 6.07) is 7.20. The van der Waals surface area contributed by atoms with Crippen LogP contribution in [0.15, 0.2) is 39.7 Å². The van der Waals surface area contributed by atoms with Crippen LogP contribution in [0.4, 0.5) is 5.69 Å². The Morgan fingerprint density at radius 2 is 2.03 bits per heavy atom. The van der Waals surface area contributed by atoms with Crippen molar-refractivity contribution in [3.8, 4) is 11.1 Å². The van der Waals surface area contributed by atoms with Gasteiger partial charge in [0.05, 0.1) is 15.6 Å². The number of aromatic amines is 1. The minimum atomic E-state index is -0.373. The number of H-pyrrole nitrogens is 1. The van der Waals surface area contributed by atoms with E-state index in [1.807, 2.05) is 23.0 Å². The van der Waals surface area contributed by atoms with Gasteiger partial charge in [0.15, 0.2) is 0 Å². The molecule has 0 aliphatic carbocycles. The van der Waals surface area contributed by atoms with E-state index in [4.69, 9.17) is 33.7 Å². The first-order valence-corrected chi connectivity index (χ1v) is 11.1. The van der Waals surface area contributed by atoms with Crippen LogP contribution in [-0.4, -0.2) is 21.4 Å². The summed E-state index contributed by atoms with van der Waals surface area (Å²) in [7, 11) is 0. The Balaban J connectivity index is 1.81. The number of rotatable bonds is 2. The third-order valence-electron chi connectivity index (χ3n) is 5.46. The molecular weight excluding hydrogens is 491 g/mol. The third kappa shape index (κ3) is 3.21. The molecule has 1 saturated heterocycles. The molecule has 0 bridgehead atoms. The number of hydrogen-bond donors (Lipinski definition) is 2. The lowest BCUT2D eigenvalue weighted by atomic mass is 9.97. The molecule has 1 fully saturated rings. The number of nitrogen functional groups attached to an aromatic ring is 1. The number of pyridine rings is 1. The largest absolute Gasteiger partial charge is 0.394 e. The SMILES string of the molecule is Nc1c(-c2ccc(Cl)c3nn(C4CCCCO4)cc23)c2cc(Br)c(Cl)cc2[nH]c1=O. The van der Waals surface area contributed by atoms with Crippen molar-refractivity contribution in [3.63, 3.8) is 0 Å². The molecule has 0 spiro atoms. The normalized spacial score (nSPS) is 17.1. The van der Waals surface area contributed by atoms with Crippen molar-refractivity contribution in [1.82, 2.24) is 14.8 Å². The van der Waals surface area contributed by atoms with Crippen LogP contribution in [0.5, 0.6) is 0 Å². The molecule has 9 heteroatoms. The smallest absolute Gasteiger partial charge is 0.272 e. The fourth-order valence-electron chi connectivity index (χ4n) is 3.98. The van der Waals surface area contributed by atoms with Crippen LogP contribution in [0.25, 0.3) is 32.9 Å². The standard InChI is InChI=1S/C21H17BrCl2N4O2/c22-13-7-11-16(8-15(13)24)26-21(29)19(25)18(11)10-4-5-14(23)20-12(10)9-28(27-20)17-3-1-2-6-30-17/h4-5,7-9,17H,1-3,6,25H2,(H,26,29). The topological polar surface area (TPSA) is 85.9 Å². The minimum absolute atomic E-state index is 0.127. The van der Waals surface area contributed by atoms with Gasteiger partial charge in [0.1, 0.15) is 17.4 Å². The monoisotopic (exact) mass is 506 g/mol. The number of halogens is 3. The van der Waals surface area contributed by atoms with Gasteiger partial charge in [0.2, 0.25) is 0 Å². The first-order valence-electron chi connectivity index (χ1n) is 9.54. The van der Waals surface area contributed by atoms with Crippen LogP contribution < -0.4 is 11.3 Å². The Morgan fingerprint density at radius 3 is 2.80 bits per heavy atom. The molecule has 30 heavy (non-hydrogen) atoms. The van der Waals surface area contributed by atoms with Gasteiger partial charge in [-0.3, -0.25) is 4.79 Å². The summed E-state index contributed by atoms with van der Waals surface area (Å²) in [5, 5.41) is 7.29. The maximum Gasteiger partial charge on any atom is 0.272 e. The Kier molecular flexibility index (Phi) is 5.01. The van der Waals surface area contributed by atoms with E-state index >= 15 is 0 Å². The molecule has 1 aliphatic rings. The molecule has 1 atom stereocenters. The van der Waals surface area contributed by atoms with Gasteiger partial charge in [0.25, 0.3) is 5.56 Å². The van der Waals surface area contributed by atoms with Crippen molar-refractivity contribution in [3.05, 3.63) is 55.3 Å². The molecule has 4 aromatic rings. The summed E-state index contributed by atoms with van der Waals surface area (Å²) in [6.07, 6.45) is 4.82. The van der Waals surface area contributed by atoms with Gasteiger partial charge in [-0.25, -0.2) is 4.68 Å². The lowest BCUT2D eigenvalue weighted by molar-refractivity contribution is -0.0390. The number of aromatic nitrogens is 3. The van der Waals surface area contributed by atoms with Gasteiger partial charge in [-0.1, -0.05) is 29.3 Å². The van der Waals surface area contributed by atoms with E-state index < -0.39 is 0 Å². The second kappa shape index (κ2) is 7.57. The van der Waals surface area contributed by atoms with E-state index in [0.29, 0.717) is 37.7 Å². The molecule has 1 aliphatic heterocycles. The van der Waals surface area contributed by atoms with E-state index in [1.54, 1.807) is 12.1 Å². The zero-order valence-corrected chi connectivity index (χ0v) is 18.8. The summed E-state index contributed by atoms with van der Waals surface area (Å²) >= 11 is 16.2. The summed E-state index contributed by atoms with van der Waals surface area (Å²) < 4.78 is 8.40. The Morgan fingerprint density at radius 1 is 1.20 bits per heavy atom. The number of fused-ring (bicyclic) bond motifs is 2. The Hall–Kier alpha value is -2.06.